The van der Waals surface area contributed by atoms with Crippen LogP contribution in [0.4, 0.5) is 0 Å². The number of methoxy groups -OCH3 is 4. The van der Waals surface area contributed by atoms with Gasteiger partial charge in [0.25, 0.3) is 5.56 Å². The maximum Gasteiger partial charge on any atom is 0.263 e. The first kappa shape index (κ1) is 19.9. The Morgan fingerprint density at radius 1 is 0.964 bits per heavy atom. The minimum atomic E-state index is -0.519. The van der Waals surface area contributed by atoms with Gasteiger partial charge in [-0.3, -0.25) is 9.59 Å². The number of carbonyl (C=O) groups is 1. The van der Waals surface area contributed by atoms with Crippen molar-refractivity contribution >= 4 is 39.3 Å². The minimum absolute atomic E-state index is 0.0901. The fourth-order valence-corrected chi connectivity index (χ4v) is 3.56. The molecular weight excluding hydrogens is 479 g/mol. The number of hydrogen-bond donors (Lipinski definition) is 1. The van der Waals surface area contributed by atoms with E-state index in [0.29, 0.717) is 17.1 Å². The van der Waals surface area contributed by atoms with E-state index in [1.807, 2.05) is 0 Å². The molecule has 0 amide bonds. The third-order valence-electron chi connectivity index (χ3n) is 4.13. The van der Waals surface area contributed by atoms with Crippen LogP contribution < -0.4 is 24.5 Å². The van der Waals surface area contributed by atoms with E-state index in [4.69, 9.17) is 18.9 Å². The van der Waals surface area contributed by atoms with E-state index in [1.165, 1.54) is 27.4 Å². The molecule has 0 aliphatic heterocycles. The second-order valence-electron chi connectivity index (χ2n) is 5.63. The number of nitrogens with one attached hydrogen (secondary N) is 1. The van der Waals surface area contributed by atoms with Gasteiger partial charge in [0.15, 0.2) is 17.3 Å². The fraction of sp³-hybridized carbons (Fsp3) is 0.211. The minimum Gasteiger partial charge on any atom is -0.496 e. The number of H-pyrrole nitrogens is 1. The normalized spacial score (nSPS) is 10.6. The first-order valence-electron chi connectivity index (χ1n) is 8.06. The van der Waals surface area contributed by atoms with Crippen LogP contribution in [0.3, 0.4) is 0 Å². The Hall–Kier alpha value is -2.82. The highest BCUT2D eigenvalue weighted by molar-refractivity contribution is 14.1. The van der Waals surface area contributed by atoms with Gasteiger partial charge in [-0.1, -0.05) is 0 Å². The van der Waals surface area contributed by atoms with Gasteiger partial charge in [-0.15, -0.1) is 0 Å². The molecule has 1 heterocycles. The van der Waals surface area contributed by atoms with Crippen LogP contribution in [-0.2, 0) is 0 Å². The highest BCUT2D eigenvalue weighted by atomic mass is 127. The first-order valence-corrected chi connectivity index (χ1v) is 9.14. The van der Waals surface area contributed by atoms with Crippen LogP contribution in [0.2, 0.25) is 0 Å². The number of aromatic amines is 1. The lowest BCUT2D eigenvalue weighted by molar-refractivity contribution is 0.102. The number of ketones is 1. The summed E-state index contributed by atoms with van der Waals surface area (Å²) in [5.41, 5.74) is 0.110. The van der Waals surface area contributed by atoms with E-state index in [1.54, 1.807) is 25.3 Å². The highest BCUT2D eigenvalue weighted by Gasteiger charge is 2.22. The quantitative estimate of drug-likeness (QED) is 0.414. The largest absolute Gasteiger partial charge is 0.496 e. The zero-order valence-electron chi connectivity index (χ0n) is 15.6. The summed E-state index contributed by atoms with van der Waals surface area (Å²) in [6.45, 7) is 0. The number of fused-ring (bicyclic) bond motifs is 1. The van der Waals surface area contributed by atoms with Crippen molar-refractivity contribution in [3.63, 3.8) is 0 Å². The lowest BCUT2D eigenvalue weighted by Crippen LogP contribution is -2.17. The molecule has 0 unspecified atom stereocenters. The predicted octanol–water partition coefficient (Wildman–Crippen LogP) is 2.79. The number of hydrogen-bond acceptors (Lipinski definition) is 7. The number of carbonyl (C=O) groups excluding carboxylic acids is 1. The second-order valence-corrected chi connectivity index (χ2v) is 6.79. The molecule has 0 saturated heterocycles. The van der Waals surface area contributed by atoms with Crippen molar-refractivity contribution in [2.24, 2.45) is 0 Å². The maximum atomic E-state index is 12.9. The molecule has 2 aromatic carbocycles. The van der Waals surface area contributed by atoms with E-state index >= 15 is 0 Å². The molecule has 0 radical (unpaired) electrons. The van der Waals surface area contributed by atoms with E-state index < -0.39 is 11.3 Å². The molecular formula is C19H17IN2O6. The molecule has 0 fully saturated rings. The average Bonchev–Trinajstić information content (AvgIpc) is 2.71. The summed E-state index contributed by atoms with van der Waals surface area (Å²) in [6, 6.07) is 6.50. The number of nitrogens with zero attached hydrogens (tertiary/aromatic N) is 1. The zero-order valence-corrected chi connectivity index (χ0v) is 17.7. The third-order valence-corrected chi connectivity index (χ3v) is 4.97. The molecule has 0 saturated carbocycles. The second kappa shape index (κ2) is 8.05. The summed E-state index contributed by atoms with van der Waals surface area (Å²) < 4.78 is 21.9. The number of rotatable bonds is 6. The lowest BCUT2D eigenvalue weighted by Gasteiger charge is -2.14. The number of aromatic nitrogens is 2. The number of halogens is 1. The van der Waals surface area contributed by atoms with Crippen molar-refractivity contribution < 1.29 is 23.7 Å². The molecule has 1 N–H and O–H groups in total. The Morgan fingerprint density at radius 2 is 1.64 bits per heavy atom. The standard InChI is InChI=1S/C19H17IN2O6/c1-25-12-6-5-9(7-10(12)20)15(23)18-21-11-8-13(26-2)16(27-3)17(28-4)14(11)19(24)22-18/h5-8H,1-4H3,(H,21,22,24). The van der Waals surface area contributed by atoms with E-state index in [0.717, 1.165) is 3.57 Å². The summed E-state index contributed by atoms with van der Waals surface area (Å²) >= 11 is 2.07. The average molecular weight is 496 g/mol. The summed E-state index contributed by atoms with van der Waals surface area (Å²) in [7, 11) is 5.86. The Bertz CT molecular complexity index is 1130. The molecule has 0 atom stereocenters. The molecule has 8 nitrogen and oxygen atoms in total. The van der Waals surface area contributed by atoms with Gasteiger partial charge in [0, 0.05) is 11.6 Å². The van der Waals surface area contributed by atoms with Crippen molar-refractivity contribution in [1.82, 2.24) is 9.97 Å². The van der Waals surface area contributed by atoms with Crippen molar-refractivity contribution in [1.29, 1.82) is 0 Å². The van der Waals surface area contributed by atoms with Crippen LogP contribution in [0.25, 0.3) is 10.9 Å². The molecule has 146 valence electrons. The zero-order chi connectivity index (χ0) is 20.4. The Morgan fingerprint density at radius 3 is 2.21 bits per heavy atom. The molecule has 28 heavy (non-hydrogen) atoms. The summed E-state index contributed by atoms with van der Waals surface area (Å²) in [5, 5.41) is 0.168. The SMILES string of the molecule is COc1ccc(C(=O)c2nc3cc(OC)c(OC)c(OC)c3c(=O)[nH]2)cc1I. The monoisotopic (exact) mass is 496 g/mol. The maximum absolute atomic E-state index is 12.9. The summed E-state index contributed by atoms with van der Waals surface area (Å²) in [5.74, 6) is 0.930. The van der Waals surface area contributed by atoms with Crippen LogP contribution in [0.1, 0.15) is 16.2 Å². The van der Waals surface area contributed by atoms with Crippen LogP contribution in [0.5, 0.6) is 23.0 Å². The van der Waals surface area contributed by atoms with Crippen LogP contribution >= 0.6 is 22.6 Å². The van der Waals surface area contributed by atoms with Gasteiger partial charge >= 0.3 is 0 Å². The fourth-order valence-electron chi connectivity index (χ4n) is 2.82. The molecule has 3 aromatic rings. The molecule has 0 aliphatic rings. The van der Waals surface area contributed by atoms with Gasteiger partial charge in [-0.2, -0.15) is 0 Å². The van der Waals surface area contributed by atoms with E-state index in [2.05, 4.69) is 32.6 Å². The van der Waals surface area contributed by atoms with Crippen molar-refractivity contribution in [2.45, 2.75) is 0 Å². The summed E-state index contributed by atoms with van der Waals surface area (Å²) in [4.78, 5) is 32.4. The Balaban J connectivity index is 2.20. The molecule has 0 bridgehead atoms. The van der Waals surface area contributed by atoms with Gasteiger partial charge in [0.2, 0.25) is 11.5 Å². The Kier molecular flexibility index (Phi) is 5.73. The van der Waals surface area contributed by atoms with Gasteiger partial charge in [0.1, 0.15) is 11.1 Å². The van der Waals surface area contributed by atoms with Gasteiger partial charge in [0.05, 0.1) is 37.5 Å². The summed E-state index contributed by atoms with van der Waals surface area (Å²) in [6.07, 6.45) is 0. The molecule has 9 heteroatoms. The van der Waals surface area contributed by atoms with E-state index in [9.17, 15) is 9.59 Å². The topological polar surface area (TPSA) is 99.7 Å². The first-order chi connectivity index (χ1) is 13.4. The molecule has 3 rings (SSSR count). The molecule has 0 aliphatic carbocycles. The highest BCUT2D eigenvalue weighted by Crippen LogP contribution is 2.41. The van der Waals surface area contributed by atoms with Crippen LogP contribution in [0, 0.1) is 3.57 Å². The van der Waals surface area contributed by atoms with Crippen molar-refractivity contribution in [3.05, 3.63) is 49.6 Å². The van der Waals surface area contributed by atoms with Gasteiger partial charge in [-0.25, -0.2) is 4.98 Å². The van der Waals surface area contributed by atoms with Crippen molar-refractivity contribution in [3.8, 4) is 23.0 Å². The Labute approximate surface area is 173 Å². The molecule has 1 aromatic heterocycles. The van der Waals surface area contributed by atoms with Gasteiger partial charge < -0.3 is 23.9 Å². The lowest BCUT2D eigenvalue weighted by atomic mass is 10.1. The van der Waals surface area contributed by atoms with Crippen molar-refractivity contribution in [2.75, 3.05) is 28.4 Å². The van der Waals surface area contributed by atoms with E-state index in [-0.39, 0.29) is 28.2 Å². The number of benzene rings is 2. The predicted molar refractivity (Wildman–Crippen MR) is 111 cm³/mol. The third kappa shape index (κ3) is 3.37. The smallest absolute Gasteiger partial charge is 0.263 e. The van der Waals surface area contributed by atoms with Crippen LogP contribution in [0.15, 0.2) is 29.1 Å². The number of ether oxygens (including phenoxy) is 4. The van der Waals surface area contributed by atoms with Gasteiger partial charge in [-0.05, 0) is 40.8 Å². The molecule has 0 spiro atoms. The van der Waals surface area contributed by atoms with Crippen LogP contribution in [-0.4, -0.2) is 44.2 Å².